The normalized spacial score (nSPS) is 11.5. The maximum atomic E-state index is 11.1. The Labute approximate surface area is 130 Å². The van der Waals surface area contributed by atoms with Gasteiger partial charge in [0.2, 0.25) is 0 Å². The summed E-state index contributed by atoms with van der Waals surface area (Å²) in [6.07, 6.45) is 0. The fraction of sp³-hybridized carbons (Fsp3) is 0.133. The minimum Gasteiger partial charge on any atom is -0.373 e. The van der Waals surface area contributed by atoms with Crippen molar-refractivity contribution in [2.45, 2.75) is 13.0 Å². The highest BCUT2D eigenvalue weighted by molar-refractivity contribution is 9.10. The second-order valence-corrected chi connectivity index (χ2v) is 5.44. The van der Waals surface area contributed by atoms with Crippen LogP contribution < -0.4 is 5.32 Å². The molecule has 0 saturated heterocycles. The van der Waals surface area contributed by atoms with E-state index in [0.29, 0.717) is 5.69 Å². The fourth-order valence-corrected chi connectivity index (χ4v) is 2.38. The molecule has 0 saturated carbocycles. The van der Waals surface area contributed by atoms with Gasteiger partial charge < -0.3 is 5.32 Å². The molecule has 5 nitrogen and oxygen atoms in total. The lowest BCUT2D eigenvalue weighted by Crippen LogP contribution is -2.08. The van der Waals surface area contributed by atoms with Crippen molar-refractivity contribution in [3.8, 4) is 6.07 Å². The Hall–Kier alpha value is -2.39. The molecule has 0 spiro atoms. The molecule has 2 aromatic carbocycles. The highest BCUT2D eigenvalue weighted by Crippen LogP contribution is 2.29. The predicted molar refractivity (Wildman–Crippen MR) is 84.0 cm³/mol. The summed E-state index contributed by atoms with van der Waals surface area (Å²) in [5, 5.41) is 23.1. The molecule has 0 amide bonds. The highest BCUT2D eigenvalue weighted by atomic mass is 79.9. The van der Waals surface area contributed by atoms with Gasteiger partial charge in [0.15, 0.2) is 0 Å². The highest BCUT2D eigenvalue weighted by Gasteiger charge is 2.17. The van der Waals surface area contributed by atoms with Crippen molar-refractivity contribution < 1.29 is 4.92 Å². The van der Waals surface area contributed by atoms with E-state index in [1.807, 2.05) is 37.3 Å². The van der Waals surface area contributed by atoms with E-state index < -0.39 is 4.92 Å². The van der Waals surface area contributed by atoms with Crippen molar-refractivity contribution in [2.75, 3.05) is 5.32 Å². The van der Waals surface area contributed by atoms with Crippen LogP contribution in [0.4, 0.5) is 11.4 Å². The summed E-state index contributed by atoms with van der Waals surface area (Å²) in [5.74, 6) is 0. The van der Waals surface area contributed by atoms with Crippen LogP contribution in [-0.4, -0.2) is 4.92 Å². The minimum atomic E-state index is -0.489. The van der Waals surface area contributed by atoms with Gasteiger partial charge in [-0.15, -0.1) is 0 Å². The molecule has 2 rings (SSSR count). The largest absolute Gasteiger partial charge is 0.373 e. The zero-order chi connectivity index (χ0) is 15.4. The maximum absolute atomic E-state index is 11.1. The van der Waals surface area contributed by atoms with Crippen LogP contribution in [0.3, 0.4) is 0 Å². The quantitative estimate of drug-likeness (QED) is 0.657. The van der Waals surface area contributed by atoms with Crippen LogP contribution >= 0.6 is 15.9 Å². The second kappa shape index (κ2) is 6.37. The van der Waals surface area contributed by atoms with Crippen molar-refractivity contribution >= 4 is 27.3 Å². The second-order valence-electron chi connectivity index (χ2n) is 4.52. The smallest absolute Gasteiger partial charge is 0.293 e. The molecule has 106 valence electrons. The average Bonchev–Trinajstić information content (AvgIpc) is 2.47. The Morgan fingerprint density at radius 2 is 2.10 bits per heavy atom. The Kier molecular flexibility index (Phi) is 4.55. The fourth-order valence-electron chi connectivity index (χ4n) is 1.97. The zero-order valence-corrected chi connectivity index (χ0v) is 12.8. The third-order valence-electron chi connectivity index (χ3n) is 3.04. The van der Waals surface area contributed by atoms with Crippen LogP contribution in [0.5, 0.6) is 0 Å². The van der Waals surface area contributed by atoms with Crippen LogP contribution in [0.15, 0.2) is 46.9 Å². The summed E-state index contributed by atoms with van der Waals surface area (Å²) in [7, 11) is 0. The first-order valence-electron chi connectivity index (χ1n) is 6.22. The first-order valence-corrected chi connectivity index (χ1v) is 7.01. The van der Waals surface area contributed by atoms with Crippen molar-refractivity contribution in [3.63, 3.8) is 0 Å². The van der Waals surface area contributed by atoms with Crippen LogP contribution in [0.1, 0.15) is 24.1 Å². The number of nitrogens with one attached hydrogen (secondary N) is 1. The lowest BCUT2D eigenvalue weighted by molar-refractivity contribution is -0.384. The monoisotopic (exact) mass is 345 g/mol. The molecule has 0 aliphatic carbocycles. The van der Waals surface area contributed by atoms with Gasteiger partial charge in [-0.1, -0.05) is 28.1 Å². The summed E-state index contributed by atoms with van der Waals surface area (Å²) in [5.41, 5.74) is 1.56. The van der Waals surface area contributed by atoms with Gasteiger partial charge >= 0.3 is 0 Å². The SMILES string of the molecule is CC(Nc1ccc(C#N)cc1[N+](=O)[O-])c1cccc(Br)c1. The standard InChI is InChI=1S/C15H12BrN3O2/c1-10(12-3-2-4-13(16)8-12)18-14-6-5-11(9-17)7-15(14)19(20)21/h2-8,10,18H,1H3. The molecule has 0 aromatic heterocycles. The van der Waals surface area contributed by atoms with Gasteiger partial charge in [-0.05, 0) is 36.8 Å². The van der Waals surface area contributed by atoms with E-state index in [4.69, 9.17) is 5.26 Å². The molecule has 1 atom stereocenters. The molecule has 2 aromatic rings. The third-order valence-corrected chi connectivity index (χ3v) is 3.54. The average molecular weight is 346 g/mol. The van der Waals surface area contributed by atoms with Gasteiger partial charge in [0.25, 0.3) is 5.69 Å². The molecule has 0 aliphatic rings. The number of anilines is 1. The van der Waals surface area contributed by atoms with Gasteiger partial charge in [0, 0.05) is 16.6 Å². The number of rotatable bonds is 4. The molecule has 0 heterocycles. The number of hydrogen-bond acceptors (Lipinski definition) is 4. The topological polar surface area (TPSA) is 79.0 Å². The summed E-state index contributed by atoms with van der Waals surface area (Å²) in [6, 6.07) is 13.9. The Bertz CT molecular complexity index is 725. The van der Waals surface area contributed by atoms with E-state index in [9.17, 15) is 10.1 Å². The molecule has 0 radical (unpaired) electrons. The van der Waals surface area contributed by atoms with Gasteiger partial charge in [-0.25, -0.2) is 0 Å². The first-order chi connectivity index (χ1) is 10.0. The summed E-state index contributed by atoms with van der Waals surface area (Å²) in [4.78, 5) is 10.6. The molecular weight excluding hydrogens is 334 g/mol. The Balaban J connectivity index is 2.31. The molecule has 21 heavy (non-hydrogen) atoms. The molecule has 0 fully saturated rings. The molecule has 0 bridgehead atoms. The summed E-state index contributed by atoms with van der Waals surface area (Å²) < 4.78 is 0.947. The van der Waals surface area contributed by atoms with Crippen molar-refractivity contribution in [1.82, 2.24) is 0 Å². The third kappa shape index (κ3) is 3.58. The van der Waals surface area contributed by atoms with Crippen LogP contribution in [0.25, 0.3) is 0 Å². The zero-order valence-electron chi connectivity index (χ0n) is 11.2. The van der Waals surface area contributed by atoms with Crippen molar-refractivity contribution in [3.05, 3.63) is 68.2 Å². The summed E-state index contributed by atoms with van der Waals surface area (Å²) in [6.45, 7) is 1.92. The molecule has 0 aliphatic heterocycles. The number of nitriles is 1. The maximum Gasteiger partial charge on any atom is 0.293 e. The molecule has 6 heteroatoms. The van der Waals surface area contributed by atoms with Gasteiger partial charge in [0.05, 0.1) is 16.6 Å². The lowest BCUT2D eigenvalue weighted by atomic mass is 10.1. The van der Waals surface area contributed by atoms with Gasteiger partial charge in [-0.3, -0.25) is 10.1 Å². The lowest BCUT2D eigenvalue weighted by Gasteiger charge is -2.16. The van der Waals surface area contributed by atoms with Crippen molar-refractivity contribution in [1.29, 1.82) is 5.26 Å². The predicted octanol–water partition coefficient (Wildman–Crippen LogP) is 4.40. The number of nitrogens with zero attached hydrogens (tertiary/aromatic N) is 2. The van der Waals surface area contributed by atoms with Crippen LogP contribution in [-0.2, 0) is 0 Å². The van der Waals surface area contributed by atoms with E-state index in [1.54, 1.807) is 12.1 Å². The van der Waals surface area contributed by atoms with Crippen molar-refractivity contribution in [2.24, 2.45) is 0 Å². The Morgan fingerprint density at radius 3 is 2.71 bits per heavy atom. The molecular formula is C15H12BrN3O2. The van der Waals surface area contributed by atoms with E-state index >= 15 is 0 Å². The van der Waals surface area contributed by atoms with Crippen LogP contribution in [0.2, 0.25) is 0 Å². The minimum absolute atomic E-state index is 0.101. The van der Waals surface area contributed by atoms with Gasteiger partial charge in [0.1, 0.15) is 5.69 Å². The van der Waals surface area contributed by atoms with Crippen LogP contribution in [0, 0.1) is 21.4 Å². The number of nitro groups is 1. The van der Waals surface area contributed by atoms with E-state index in [1.165, 1.54) is 6.07 Å². The number of benzene rings is 2. The number of nitro benzene ring substituents is 1. The van der Waals surface area contributed by atoms with E-state index in [0.717, 1.165) is 10.0 Å². The van der Waals surface area contributed by atoms with E-state index in [2.05, 4.69) is 21.2 Å². The summed E-state index contributed by atoms with van der Waals surface area (Å²) >= 11 is 3.40. The number of hydrogen-bond donors (Lipinski definition) is 1. The van der Waals surface area contributed by atoms with E-state index in [-0.39, 0.29) is 17.3 Å². The first kappa shape index (κ1) is 15.0. The molecule has 1 unspecified atom stereocenters. The Morgan fingerprint density at radius 1 is 1.33 bits per heavy atom. The molecule has 1 N–H and O–H groups in total. The number of halogens is 1. The van der Waals surface area contributed by atoms with Gasteiger partial charge in [-0.2, -0.15) is 5.26 Å².